The van der Waals surface area contributed by atoms with Gasteiger partial charge < -0.3 is 33.8 Å². The van der Waals surface area contributed by atoms with Crippen LogP contribution in [0.3, 0.4) is 0 Å². The highest BCUT2D eigenvalue weighted by molar-refractivity contribution is 7.47. The van der Waals surface area contributed by atoms with Crippen molar-refractivity contribution in [2.24, 2.45) is 17.8 Å². The fraction of sp³-hybridized carbons (Fsp3) is 0.947. The Balaban J connectivity index is 5.28. The molecule has 0 heterocycles. The van der Waals surface area contributed by atoms with Crippen LogP contribution < -0.4 is 0 Å². The summed E-state index contributed by atoms with van der Waals surface area (Å²) in [6.45, 7) is 11.9. The molecule has 0 aliphatic carbocycles. The molecular formula is C76H148O17P2. The standard InChI is InChI=1S/C76H148O17P2/c1-8-10-11-12-13-14-15-21-29-36-43-50-57-73(78)86-64-72(93-76(81)60-53-46-39-32-25-24-28-35-42-49-56-69(7)9-2)66-91-95(84,85)89-62-70(77)61-88-94(82,83)90-65-71(63-87-74(79)58-51-44-37-30-23-18-20-27-34-41-48-55-68(5)6)92-75(80)59-52-45-38-31-22-17-16-19-26-33-40-47-54-67(3)4/h67-72,77H,8-66H2,1-7H3,(H,82,83)(H,84,85)/t69?,70-,71-,72-/m1/s1. The average Bonchev–Trinajstić information content (AvgIpc) is 1.55. The molecule has 6 atom stereocenters. The highest BCUT2D eigenvalue weighted by Gasteiger charge is 2.30. The van der Waals surface area contributed by atoms with E-state index in [4.69, 9.17) is 37.0 Å². The van der Waals surface area contributed by atoms with E-state index >= 15 is 0 Å². The molecule has 0 radical (unpaired) electrons. The highest BCUT2D eigenvalue weighted by Crippen LogP contribution is 2.45. The van der Waals surface area contributed by atoms with E-state index < -0.39 is 97.5 Å². The molecule has 17 nitrogen and oxygen atoms in total. The van der Waals surface area contributed by atoms with Gasteiger partial charge in [0.1, 0.15) is 19.3 Å². The molecule has 0 bridgehead atoms. The predicted molar refractivity (Wildman–Crippen MR) is 386 cm³/mol. The Kier molecular flexibility index (Phi) is 65.2. The van der Waals surface area contributed by atoms with Gasteiger partial charge in [0.15, 0.2) is 12.2 Å². The van der Waals surface area contributed by atoms with Gasteiger partial charge in [0, 0.05) is 25.7 Å². The van der Waals surface area contributed by atoms with E-state index in [-0.39, 0.29) is 25.7 Å². The molecule has 0 amide bonds. The van der Waals surface area contributed by atoms with Crippen molar-refractivity contribution in [2.75, 3.05) is 39.6 Å². The number of aliphatic hydroxyl groups is 1. The van der Waals surface area contributed by atoms with Gasteiger partial charge in [-0.05, 0) is 43.4 Å². The van der Waals surface area contributed by atoms with Gasteiger partial charge in [0.25, 0.3) is 0 Å². The zero-order valence-corrected chi connectivity index (χ0v) is 63.9. The lowest BCUT2D eigenvalue weighted by Gasteiger charge is -2.21. The van der Waals surface area contributed by atoms with Gasteiger partial charge in [-0.2, -0.15) is 0 Å². The fourth-order valence-corrected chi connectivity index (χ4v) is 13.1. The Morgan fingerprint density at radius 3 is 0.800 bits per heavy atom. The Morgan fingerprint density at radius 1 is 0.305 bits per heavy atom. The monoisotopic (exact) mass is 1400 g/mol. The predicted octanol–water partition coefficient (Wildman–Crippen LogP) is 22.2. The summed E-state index contributed by atoms with van der Waals surface area (Å²) in [5.41, 5.74) is 0. The lowest BCUT2D eigenvalue weighted by atomic mass is 9.99. The molecule has 19 heteroatoms. The molecule has 0 saturated heterocycles. The quantitative estimate of drug-likeness (QED) is 0.0222. The molecule has 0 rings (SSSR count). The lowest BCUT2D eigenvalue weighted by molar-refractivity contribution is -0.161. The van der Waals surface area contributed by atoms with E-state index in [1.54, 1.807) is 0 Å². The minimum atomic E-state index is -4.96. The van der Waals surface area contributed by atoms with Crippen molar-refractivity contribution in [3.05, 3.63) is 0 Å². The highest BCUT2D eigenvalue weighted by atomic mass is 31.2. The largest absolute Gasteiger partial charge is 0.472 e. The number of unbranched alkanes of at least 4 members (excludes halogenated alkanes) is 41. The molecule has 0 aromatic heterocycles. The molecule has 0 aromatic rings. The average molecular weight is 1400 g/mol. The fourth-order valence-electron chi connectivity index (χ4n) is 11.6. The van der Waals surface area contributed by atoms with Crippen molar-refractivity contribution in [3.63, 3.8) is 0 Å². The van der Waals surface area contributed by atoms with Crippen LogP contribution in [0.1, 0.15) is 389 Å². The minimum absolute atomic E-state index is 0.106. The molecule has 0 aliphatic heterocycles. The van der Waals surface area contributed by atoms with Crippen LogP contribution in [-0.2, 0) is 65.4 Å². The Hall–Kier alpha value is -1.94. The van der Waals surface area contributed by atoms with E-state index in [1.165, 1.54) is 199 Å². The summed E-state index contributed by atoms with van der Waals surface area (Å²) in [7, 11) is -9.91. The maximum absolute atomic E-state index is 13.1. The number of phosphoric acid groups is 2. The van der Waals surface area contributed by atoms with Crippen LogP contribution in [0.5, 0.6) is 0 Å². The number of aliphatic hydroxyl groups excluding tert-OH is 1. The van der Waals surface area contributed by atoms with Gasteiger partial charge in [-0.3, -0.25) is 37.3 Å². The zero-order chi connectivity index (χ0) is 70.1. The molecule has 3 unspecified atom stereocenters. The summed E-state index contributed by atoms with van der Waals surface area (Å²) in [4.78, 5) is 72.9. The maximum atomic E-state index is 13.1. The van der Waals surface area contributed by atoms with Crippen molar-refractivity contribution in [1.29, 1.82) is 0 Å². The van der Waals surface area contributed by atoms with Gasteiger partial charge in [0.2, 0.25) is 0 Å². The normalized spacial score (nSPS) is 14.4. The van der Waals surface area contributed by atoms with Gasteiger partial charge in [0.05, 0.1) is 26.4 Å². The molecule has 0 spiro atoms. The van der Waals surface area contributed by atoms with Crippen molar-refractivity contribution >= 4 is 39.5 Å². The van der Waals surface area contributed by atoms with Crippen LogP contribution in [0.15, 0.2) is 0 Å². The zero-order valence-electron chi connectivity index (χ0n) is 62.1. The molecule has 564 valence electrons. The second kappa shape index (κ2) is 66.6. The van der Waals surface area contributed by atoms with Crippen molar-refractivity contribution in [3.8, 4) is 0 Å². The number of carbonyl (C=O) groups excluding carboxylic acids is 4. The molecule has 0 saturated carbocycles. The SMILES string of the molecule is CCCCCCCCCCCCCCC(=O)OC[C@H](COP(=O)(O)OC[C@H](O)COP(=O)(O)OC[C@@H](COC(=O)CCCCCCCCCCCCCC(C)C)OC(=O)CCCCCCCCCCCCCCC(C)C)OC(=O)CCCCCCCCCCCCC(C)CC. The van der Waals surface area contributed by atoms with E-state index in [1.807, 2.05) is 0 Å². The maximum Gasteiger partial charge on any atom is 0.472 e. The third-order valence-corrected chi connectivity index (χ3v) is 19.9. The van der Waals surface area contributed by atoms with Crippen LogP contribution >= 0.6 is 15.6 Å². The van der Waals surface area contributed by atoms with Crippen LogP contribution in [0, 0.1) is 17.8 Å². The number of hydrogen-bond donors (Lipinski definition) is 3. The summed E-state index contributed by atoms with van der Waals surface area (Å²) in [6, 6.07) is 0. The minimum Gasteiger partial charge on any atom is -0.462 e. The van der Waals surface area contributed by atoms with E-state index in [0.717, 1.165) is 108 Å². The van der Waals surface area contributed by atoms with E-state index in [9.17, 15) is 43.2 Å². The molecule has 95 heavy (non-hydrogen) atoms. The number of carbonyl (C=O) groups is 4. The molecular weight excluding hydrogens is 1250 g/mol. The third-order valence-electron chi connectivity index (χ3n) is 18.0. The summed E-state index contributed by atoms with van der Waals surface area (Å²) in [5.74, 6) is 0.235. The van der Waals surface area contributed by atoms with Crippen LogP contribution in [0.25, 0.3) is 0 Å². The summed E-state index contributed by atoms with van der Waals surface area (Å²) >= 11 is 0. The summed E-state index contributed by atoms with van der Waals surface area (Å²) in [6.07, 6.45) is 52.5. The van der Waals surface area contributed by atoms with Gasteiger partial charge in [-0.15, -0.1) is 0 Å². The van der Waals surface area contributed by atoms with Crippen molar-refractivity contribution in [2.45, 2.75) is 407 Å². The Morgan fingerprint density at radius 2 is 0.537 bits per heavy atom. The molecule has 0 aromatic carbocycles. The number of rotatable bonds is 74. The third kappa shape index (κ3) is 69.0. The van der Waals surface area contributed by atoms with Crippen LogP contribution in [0.2, 0.25) is 0 Å². The van der Waals surface area contributed by atoms with Crippen LogP contribution in [0.4, 0.5) is 0 Å². The van der Waals surface area contributed by atoms with Crippen molar-refractivity contribution in [1.82, 2.24) is 0 Å². The summed E-state index contributed by atoms with van der Waals surface area (Å²) in [5, 5.41) is 10.6. The first-order chi connectivity index (χ1) is 45.8. The van der Waals surface area contributed by atoms with Crippen LogP contribution in [-0.4, -0.2) is 96.7 Å². The topological polar surface area (TPSA) is 237 Å². The first kappa shape index (κ1) is 93.1. The Bertz CT molecular complexity index is 1850. The lowest BCUT2D eigenvalue weighted by Crippen LogP contribution is -2.30. The van der Waals surface area contributed by atoms with Gasteiger partial charge in [-0.25, -0.2) is 9.13 Å². The number of hydrogen-bond acceptors (Lipinski definition) is 15. The molecule has 0 fully saturated rings. The van der Waals surface area contributed by atoms with E-state index in [2.05, 4.69) is 48.5 Å². The Labute approximate surface area is 581 Å². The van der Waals surface area contributed by atoms with E-state index in [0.29, 0.717) is 25.7 Å². The summed E-state index contributed by atoms with van der Waals surface area (Å²) < 4.78 is 68.6. The second-order valence-corrected chi connectivity index (χ2v) is 31.5. The first-order valence-electron chi connectivity index (χ1n) is 39.4. The van der Waals surface area contributed by atoms with Gasteiger partial charge >= 0.3 is 39.5 Å². The number of ether oxygens (including phenoxy) is 4. The first-order valence-corrected chi connectivity index (χ1v) is 42.4. The van der Waals surface area contributed by atoms with Crippen molar-refractivity contribution < 1.29 is 80.2 Å². The number of esters is 4. The smallest absolute Gasteiger partial charge is 0.462 e. The second-order valence-electron chi connectivity index (χ2n) is 28.6. The van der Waals surface area contributed by atoms with Gasteiger partial charge in [-0.1, -0.05) is 337 Å². The molecule has 3 N–H and O–H groups in total. The number of phosphoric ester groups is 2. The molecule has 0 aliphatic rings.